The van der Waals surface area contributed by atoms with E-state index >= 15 is 0 Å². The maximum Gasteiger partial charge on any atom is 0.573 e. The van der Waals surface area contributed by atoms with Gasteiger partial charge in [-0.15, -0.1) is 13.2 Å². The number of fused-ring (bicyclic) bond motifs is 2. The number of carbonyl (C=O) groups excluding carboxylic acids is 4. The van der Waals surface area contributed by atoms with Crippen LogP contribution in [0.25, 0.3) is 22.1 Å². The molecule has 0 radical (unpaired) electrons. The van der Waals surface area contributed by atoms with Gasteiger partial charge in [-0.05, 0) is 104 Å². The van der Waals surface area contributed by atoms with Crippen molar-refractivity contribution >= 4 is 63.4 Å². The van der Waals surface area contributed by atoms with Gasteiger partial charge < -0.3 is 49.5 Å². The molecule has 6 atom stereocenters. The Hall–Kier alpha value is -6.24. The first-order valence-corrected chi connectivity index (χ1v) is 22.9. The number of hydrogen-bond donors (Lipinski definition) is 4. The molecule has 358 valence electrons. The number of hydrogen-bond acceptors (Lipinski definition) is 10. The topological polar surface area (TPSA) is 187 Å². The monoisotopic (exact) mass is 949 g/mol. The summed E-state index contributed by atoms with van der Waals surface area (Å²) >= 11 is 6.50. The lowest BCUT2D eigenvalue weighted by Gasteiger charge is -2.33. The second-order valence-electron chi connectivity index (χ2n) is 18.1. The zero-order valence-electron chi connectivity index (χ0n) is 38.1. The first-order valence-electron chi connectivity index (χ1n) is 22.6. The molecule has 5 heterocycles. The first-order chi connectivity index (χ1) is 31.9. The molecule has 2 aromatic heterocycles. The van der Waals surface area contributed by atoms with Crippen molar-refractivity contribution in [2.45, 2.75) is 109 Å². The smallest absolute Gasteiger partial charge is 0.453 e. The molecule has 16 nitrogen and oxygen atoms in total. The maximum absolute atomic E-state index is 13.8. The van der Waals surface area contributed by atoms with Gasteiger partial charge in [-0.25, -0.2) is 19.6 Å². The van der Waals surface area contributed by atoms with Crippen molar-refractivity contribution in [2.75, 3.05) is 32.2 Å². The minimum absolute atomic E-state index is 0.187. The highest BCUT2D eigenvalue weighted by molar-refractivity contribution is 6.32. The molecular weight excluding hydrogens is 895 g/mol. The van der Waals surface area contributed by atoms with Gasteiger partial charge in [0.15, 0.2) is 0 Å². The van der Waals surface area contributed by atoms with Crippen LogP contribution in [0, 0.1) is 11.8 Å². The average molecular weight is 950 g/mol. The number of aromatic amines is 2. The molecule has 0 aliphatic carbocycles. The molecule has 3 aromatic carbocycles. The molecule has 5 aromatic rings. The quantitative estimate of drug-likeness (QED) is 0.0940. The number of aromatic nitrogens is 4. The number of rotatable bonds is 12. The van der Waals surface area contributed by atoms with Crippen LogP contribution in [0.4, 0.5) is 28.4 Å². The standard InChI is InChI=1S/C47H55ClF3N9O7/c1-24(2)39(56-45(63)65-5)43(61)58-19-7-9-36(58)41-52-30-14-11-26(21-32(30)54-41)34-16-17-35(60(34)28-13-18-38(29(48)23-28)67-47(49,50)51)27-12-15-31-33(22-27)55-42(53-31)37-10-8-20-59(37)44(62)40(25(3)4)57-46(64)66-6/h11-15,18,21-25,34-37,39-40H,7-10,16-17,19-20H2,1-6H3,(H,52,54)(H,53,55)(H,56,63)(H,57,64)/t34-,35?,36+,37+,39+,40+/m1/s1. The van der Waals surface area contributed by atoms with Gasteiger partial charge in [0, 0.05) is 18.8 Å². The Morgan fingerprint density at radius 1 is 0.687 bits per heavy atom. The molecular formula is C47H55ClF3N9O7. The number of alkyl carbamates (subject to hydrolysis) is 2. The van der Waals surface area contributed by atoms with E-state index in [4.69, 9.17) is 31.0 Å². The van der Waals surface area contributed by atoms with Crippen molar-refractivity contribution in [3.63, 3.8) is 0 Å². The van der Waals surface area contributed by atoms with E-state index in [2.05, 4.69) is 30.2 Å². The summed E-state index contributed by atoms with van der Waals surface area (Å²) in [7, 11) is 2.51. The highest BCUT2D eigenvalue weighted by Crippen LogP contribution is 2.49. The van der Waals surface area contributed by atoms with E-state index < -0.39 is 36.4 Å². The fourth-order valence-electron chi connectivity index (χ4n) is 9.88. The summed E-state index contributed by atoms with van der Waals surface area (Å²) in [4.78, 5) is 74.5. The minimum Gasteiger partial charge on any atom is -0.453 e. The summed E-state index contributed by atoms with van der Waals surface area (Å²) < 4.78 is 53.8. The Labute approximate surface area is 390 Å². The van der Waals surface area contributed by atoms with Gasteiger partial charge in [-0.1, -0.05) is 51.4 Å². The highest BCUT2D eigenvalue weighted by atomic mass is 35.5. The van der Waals surface area contributed by atoms with E-state index in [1.807, 2.05) is 64.1 Å². The van der Waals surface area contributed by atoms with Crippen LogP contribution >= 0.6 is 11.6 Å². The van der Waals surface area contributed by atoms with Gasteiger partial charge in [-0.2, -0.15) is 0 Å². The van der Waals surface area contributed by atoms with Crippen LogP contribution in [0.5, 0.6) is 5.75 Å². The van der Waals surface area contributed by atoms with Crippen molar-refractivity contribution < 1.29 is 46.6 Å². The minimum atomic E-state index is -4.93. The lowest BCUT2D eigenvalue weighted by Crippen LogP contribution is -2.51. The molecule has 0 bridgehead atoms. The van der Waals surface area contributed by atoms with Crippen LogP contribution in [0.3, 0.4) is 0 Å². The number of nitrogens with zero attached hydrogens (tertiary/aromatic N) is 5. The number of carbonyl (C=O) groups is 4. The molecule has 67 heavy (non-hydrogen) atoms. The fourth-order valence-corrected chi connectivity index (χ4v) is 10.1. The van der Waals surface area contributed by atoms with E-state index in [1.54, 1.807) is 15.9 Å². The molecule has 1 unspecified atom stereocenters. The fraction of sp³-hybridized carbons (Fsp3) is 0.489. The van der Waals surface area contributed by atoms with Crippen LogP contribution < -0.4 is 20.3 Å². The van der Waals surface area contributed by atoms with Gasteiger partial charge in [-0.3, -0.25) is 9.59 Å². The lowest BCUT2D eigenvalue weighted by molar-refractivity contribution is -0.274. The summed E-state index contributed by atoms with van der Waals surface area (Å²) in [6.45, 7) is 8.46. The first kappa shape index (κ1) is 47.3. The van der Waals surface area contributed by atoms with Gasteiger partial charge in [0.1, 0.15) is 29.5 Å². The van der Waals surface area contributed by atoms with Crippen molar-refractivity contribution in [3.05, 3.63) is 82.4 Å². The average Bonchev–Trinajstić information content (AvgIpc) is 4.15. The van der Waals surface area contributed by atoms with Crippen LogP contribution in [0.15, 0.2) is 54.6 Å². The van der Waals surface area contributed by atoms with Crippen LogP contribution in [0.2, 0.25) is 5.02 Å². The number of methoxy groups -OCH3 is 2. The Morgan fingerprint density at radius 2 is 1.15 bits per heavy atom. The van der Waals surface area contributed by atoms with Crippen molar-refractivity contribution in [1.82, 2.24) is 40.4 Å². The van der Waals surface area contributed by atoms with Gasteiger partial charge >= 0.3 is 18.5 Å². The second kappa shape index (κ2) is 19.2. The third-order valence-electron chi connectivity index (χ3n) is 13.1. The number of likely N-dealkylation sites (tertiary alicyclic amines) is 2. The Balaban J connectivity index is 1.10. The summed E-state index contributed by atoms with van der Waals surface area (Å²) in [5.74, 6) is -0.0662. The predicted molar refractivity (Wildman–Crippen MR) is 243 cm³/mol. The summed E-state index contributed by atoms with van der Waals surface area (Å²) in [6, 6.07) is 13.4. The number of amides is 4. The molecule has 3 saturated heterocycles. The largest absolute Gasteiger partial charge is 0.573 e. The van der Waals surface area contributed by atoms with Gasteiger partial charge in [0.2, 0.25) is 11.8 Å². The molecule has 0 saturated carbocycles. The number of ether oxygens (including phenoxy) is 3. The zero-order valence-corrected chi connectivity index (χ0v) is 38.8. The molecule has 3 fully saturated rings. The SMILES string of the molecule is COC(=O)N[C@H](C(=O)N1CCC[C@H]1c1nc2cc(C3CC[C@H](c4ccc5[nH]c([C@@H]6CCCN6C(=O)[C@@H](NC(=O)OC)C(C)C)nc5c4)N3c3ccc(OC(F)(F)F)c(Cl)c3)ccc2[nH]1)C(C)C. The number of imidazole rings is 2. The Kier molecular flexibility index (Phi) is 13.5. The third-order valence-corrected chi connectivity index (χ3v) is 13.4. The van der Waals surface area contributed by atoms with Crippen molar-refractivity contribution in [3.8, 4) is 5.75 Å². The van der Waals surface area contributed by atoms with E-state index in [1.165, 1.54) is 26.4 Å². The molecule has 3 aliphatic heterocycles. The van der Waals surface area contributed by atoms with Crippen molar-refractivity contribution in [2.24, 2.45) is 11.8 Å². The van der Waals surface area contributed by atoms with Crippen LogP contribution in [0.1, 0.15) is 113 Å². The normalized spacial score (nSPS) is 20.8. The number of alkyl halides is 3. The zero-order chi connectivity index (χ0) is 47.9. The molecule has 20 heteroatoms. The molecule has 0 spiro atoms. The molecule has 8 rings (SSSR count). The Morgan fingerprint density at radius 3 is 1.55 bits per heavy atom. The van der Waals surface area contributed by atoms with E-state index in [-0.39, 0.29) is 52.8 Å². The van der Waals surface area contributed by atoms with E-state index in [0.717, 1.165) is 35.0 Å². The number of halogens is 4. The maximum atomic E-state index is 13.8. The van der Waals surface area contributed by atoms with Crippen LogP contribution in [-0.2, 0) is 19.1 Å². The number of H-pyrrole nitrogens is 2. The highest BCUT2D eigenvalue weighted by Gasteiger charge is 2.41. The molecule has 3 aliphatic rings. The van der Waals surface area contributed by atoms with Gasteiger partial charge in [0.25, 0.3) is 0 Å². The Bertz CT molecular complexity index is 2510. The summed E-state index contributed by atoms with van der Waals surface area (Å²) in [5, 5.41) is 5.17. The lowest BCUT2D eigenvalue weighted by atomic mass is 10.0. The van der Waals surface area contributed by atoms with Crippen molar-refractivity contribution in [1.29, 1.82) is 0 Å². The summed E-state index contributed by atoms with van der Waals surface area (Å²) in [6.07, 6.45) is -2.08. The number of anilines is 1. The summed E-state index contributed by atoms with van der Waals surface area (Å²) in [5.41, 5.74) is 5.31. The molecule has 4 amide bonds. The van der Waals surface area contributed by atoms with Gasteiger partial charge in [0.05, 0.1) is 65.5 Å². The number of nitrogens with one attached hydrogen (secondary N) is 4. The molecule has 4 N–H and O–H groups in total. The van der Waals surface area contributed by atoms with E-state index in [0.29, 0.717) is 67.1 Å². The van der Waals surface area contributed by atoms with E-state index in [9.17, 15) is 32.3 Å². The third kappa shape index (κ3) is 9.78. The van der Waals surface area contributed by atoms with Crippen LogP contribution in [-0.4, -0.2) is 99.5 Å². The predicted octanol–water partition coefficient (Wildman–Crippen LogP) is 9.16. The second-order valence-corrected chi connectivity index (χ2v) is 18.5. The number of benzene rings is 3.